The predicted molar refractivity (Wildman–Crippen MR) is 290 cm³/mol. The van der Waals surface area contributed by atoms with Crippen LogP contribution in [0.5, 0.6) is 46.0 Å². The number of rotatable bonds is 10. The van der Waals surface area contributed by atoms with E-state index >= 15 is 0 Å². The summed E-state index contributed by atoms with van der Waals surface area (Å²) in [5.41, 5.74) is 13.5. The first-order valence-electron chi connectivity index (χ1n) is 23.1. The standard InChI is InChI=1S/C34H38O4.C26H18Cl4O4/c1-17-9-25(10-18(2)31(17)35)29(26-11-19(3)32(36)20(4)12-26)30(27-13-21(5)33(37)22(6)14-27)28-15-23(7)34(38)24(8)16-28;27-17-9-13(1-5-21(17)31)25(14-2-6-22(32)18(28)10-14)26(15-3-7-23(33)19(29)11-15)16-4-8-24(34)20(30)12-16/h9-16,29-30,35-38H,1-8H3;1-12,25-26,31-34H. The van der Waals surface area contributed by atoms with Gasteiger partial charge in [-0.1, -0.05) is 119 Å². The van der Waals surface area contributed by atoms with Crippen LogP contribution in [-0.4, -0.2) is 40.9 Å². The van der Waals surface area contributed by atoms with Crippen LogP contribution < -0.4 is 0 Å². The zero-order valence-corrected chi connectivity index (χ0v) is 44.0. The van der Waals surface area contributed by atoms with Gasteiger partial charge in [0, 0.05) is 23.7 Å². The highest BCUT2D eigenvalue weighted by Gasteiger charge is 2.33. The van der Waals surface area contributed by atoms with E-state index in [1.807, 2.05) is 104 Å². The molecule has 72 heavy (non-hydrogen) atoms. The summed E-state index contributed by atoms with van der Waals surface area (Å²) < 4.78 is 0. The van der Waals surface area contributed by atoms with Gasteiger partial charge in [0.05, 0.1) is 20.1 Å². The molecule has 0 saturated heterocycles. The molecule has 0 unspecified atom stereocenters. The van der Waals surface area contributed by atoms with Gasteiger partial charge in [-0.2, -0.15) is 0 Å². The molecule has 0 saturated carbocycles. The Morgan fingerprint density at radius 2 is 0.389 bits per heavy atom. The highest BCUT2D eigenvalue weighted by molar-refractivity contribution is 6.33. The molecule has 8 N–H and O–H groups in total. The first-order chi connectivity index (χ1) is 33.9. The van der Waals surface area contributed by atoms with Crippen molar-refractivity contribution in [1.82, 2.24) is 0 Å². The Hall–Kier alpha value is -6.68. The fourth-order valence-electron chi connectivity index (χ4n) is 9.85. The molecule has 8 nitrogen and oxygen atoms in total. The Bertz CT molecular complexity index is 2840. The van der Waals surface area contributed by atoms with Gasteiger partial charge in [0.15, 0.2) is 0 Å². The van der Waals surface area contributed by atoms with E-state index in [1.165, 1.54) is 24.3 Å². The maximum atomic E-state index is 10.6. The Labute approximate surface area is 440 Å². The molecule has 0 aliphatic rings. The summed E-state index contributed by atoms with van der Waals surface area (Å²) in [7, 11) is 0. The topological polar surface area (TPSA) is 162 Å². The third kappa shape index (κ3) is 11.0. The summed E-state index contributed by atoms with van der Waals surface area (Å²) in [6.45, 7) is 15.3. The second-order valence-electron chi connectivity index (χ2n) is 18.8. The molecule has 8 aromatic rings. The van der Waals surface area contributed by atoms with Crippen LogP contribution in [0.4, 0.5) is 0 Å². The molecular weight excluding hydrogens is 990 g/mol. The fourth-order valence-corrected chi connectivity index (χ4v) is 10.6. The van der Waals surface area contributed by atoms with Crippen molar-refractivity contribution in [2.24, 2.45) is 0 Å². The lowest BCUT2D eigenvalue weighted by Gasteiger charge is -2.32. The molecule has 12 heteroatoms. The van der Waals surface area contributed by atoms with E-state index in [1.54, 1.807) is 48.5 Å². The third-order valence-electron chi connectivity index (χ3n) is 13.5. The van der Waals surface area contributed by atoms with E-state index < -0.39 is 11.8 Å². The molecule has 8 rings (SSSR count). The van der Waals surface area contributed by atoms with E-state index in [4.69, 9.17) is 46.4 Å². The molecule has 8 aromatic carbocycles. The summed E-state index contributed by atoms with van der Waals surface area (Å²) in [5, 5.41) is 83.1. The maximum absolute atomic E-state index is 10.6. The molecule has 0 aliphatic carbocycles. The van der Waals surface area contributed by atoms with Crippen molar-refractivity contribution in [2.75, 3.05) is 0 Å². The van der Waals surface area contributed by atoms with Gasteiger partial charge in [-0.05, 0) is 193 Å². The van der Waals surface area contributed by atoms with Crippen LogP contribution in [-0.2, 0) is 0 Å². The van der Waals surface area contributed by atoms with Crippen LogP contribution in [0.3, 0.4) is 0 Å². The average molecular weight is 1050 g/mol. The van der Waals surface area contributed by atoms with E-state index in [0.29, 0.717) is 0 Å². The molecule has 0 bridgehead atoms. The maximum Gasteiger partial charge on any atom is 0.134 e. The highest BCUT2D eigenvalue weighted by atomic mass is 35.5. The minimum absolute atomic E-state index is 0.0650. The Kier molecular flexibility index (Phi) is 15.9. The molecule has 0 aromatic heterocycles. The predicted octanol–water partition coefficient (Wildman–Crippen LogP) is 16.0. The molecule has 0 spiro atoms. The molecule has 0 amide bonds. The molecule has 0 atom stereocenters. The highest BCUT2D eigenvalue weighted by Crippen LogP contribution is 2.50. The number of aryl methyl sites for hydroxylation is 8. The van der Waals surface area contributed by atoms with E-state index in [0.717, 1.165) is 89.0 Å². The molecule has 0 radical (unpaired) electrons. The summed E-state index contributed by atoms with van der Waals surface area (Å²) in [6, 6.07) is 35.9. The number of phenolic OH excluding ortho intramolecular Hbond substituents is 8. The summed E-state index contributed by atoms with van der Waals surface area (Å²) in [6.07, 6.45) is 0. The van der Waals surface area contributed by atoms with Gasteiger partial charge in [-0.3, -0.25) is 0 Å². The second-order valence-corrected chi connectivity index (χ2v) is 20.4. The molecule has 0 fully saturated rings. The van der Waals surface area contributed by atoms with E-state index in [2.05, 4.69) is 0 Å². The first kappa shape index (κ1) is 53.1. The van der Waals surface area contributed by atoms with Crippen molar-refractivity contribution < 1.29 is 40.9 Å². The van der Waals surface area contributed by atoms with Crippen LogP contribution in [0.25, 0.3) is 0 Å². The van der Waals surface area contributed by atoms with Crippen LogP contribution in [0.15, 0.2) is 121 Å². The second kappa shape index (κ2) is 21.6. The first-order valence-corrected chi connectivity index (χ1v) is 24.6. The molecule has 0 heterocycles. The number of hydrogen-bond donors (Lipinski definition) is 8. The van der Waals surface area contributed by atoms with Crippen molar-refractivity contribution in [3.05, 3.63) is 230 Å². The summed E-state index contributed by atoms with van der Waals surface area (Å²) in [4.78, 5) is 0. The summed E-state index contributed by atoms with van der Waals surface area (Å²) >= 11 is 25.1. The van der Waals surface area contributed by atoms with Crippen molar-refractivity contribution in [2.45, 2.75) is 79.1 Å². The SMILES string of the molecule is Cc1cc(C(c2cc(C)c(O)c(C)c2)C(c2cc(C)c(O)c(C)c2)c2cc(C)c(O)c(C)c2)cc(C)c1O.Oc1ccc(C(c2ccc(O)c(Cl)c2)C(c2ccc(O)c(Cl)c2)c2ccc(O)c(Cl)c2)cc1Cl. The Balaban J connectivity index is 0.000000213. The smallest absolute Gasteiger partial charge is 0.134 e. The van der Waals surface area contributed by atoms with Gasteiger partial charge in [-0.15, -0.1) is 0 Å². The van der Waals surface area contributed by atoms with Gasteiger partial charge >= 0.3 is 0 Å². The Morgan fingerprint density at radius 3 is 0.542 bits per heavy atom. The number of benzene rings is 8. The normalized spacial score (nSPS) is 11.4. The number of aromatic hydroxyl groups is 8. The number of halogens is 4. The number of phenols is 8. The fraction of sp³-hybridized carbons (Fsp3) is 0.200. The van der Waals surface area contributed by atoms with Crippen LogP contribution in [0.1, 0.15) is 113 Å². The zero-order valence-electron chi connectivity index (χ0n) is 40.9. The van der Waals surface area contributed by atoms with Gasteiger partial charge < -0.3 is 40.9 Å². The van der Waals surface area contributed by atoms with Gasteiger partial charge in [0.2, 0.25) is 0 Å². The Morgan fingerprint density at radius 1 is 0.236 bits per heavy atom. The minimum Gasteiger partial charge on any atom is -0.507 e. The van der Waals surface area contributed by atoms with Gasteiger partial charge in [0.25, 0.3) is 0 Å². The summed E-state index contributed by atoms with van der Waals surface area (Å²) in [5.74, 6) is -0.372. The van der Waals surface area contributed by atoms with Gasteiger partial charge in [-0.25, -0.2) is 0 Å². The molecular formula is C60H56Cl4O8. The van der Waals surface area contributed by atoms with Crippen LogP contribution >= 0.6 is 46.4 Å². The molecule has 0 aliphatic heterocycles. The third-order valence-corrected chi connectivity index (χ3v) is 14.7. The monoisotopic (exact) mass is 1040 g/mol. The average Bonchev–Trinajstić information content (AvgIpc) is 3.32. The van der Waals surface area contributed by atoms with Crippen LogP contribution in [0, 0.1) is 55.4 Å². The quantitative estimate of drug-likeness (QED) is 0.0672. The number of hydrogen-bond acceptors (Lipinski definition) is 8. The lowest BCUT2D eigenvalue weighted by atomic mass is 9.71. The van der Waals surface area contributed by atoms with Crippen molar-refractivity contribution in [1.29, 1.82) is 0 Å². The van der Waals surface area contributed by atoms with E-state index in [9.17, 15) is 40.9 Å². The lowest BCUT2D eigenvalue weighted by molar-refractivity contribution is 0.464. The van der Waals surface area contributed by atoms with E-state index in [-0.39, 0.29) is 77.9 Å². The molecule has 372 valence electrons. The van der Waals surface area contributed by atoms with Crippen molar-refractivity contribution in [3.8, 4) is 46.0 Å². The lowest BCUT2D eigenvalue weighted by Crippen LogP contribution is -2.16. The zero-order chi connectivity index (χ0) is 52.6. The van der Waals surface area contributed by atoms with Gasteiger partial charge in [0.1, 0.15) is 46.0 Å². The largest absolute Gasteiger partial charge is 0.507 e. The van der Waals surface area contributed by atoms with Crippen molar-refractivity contribution in [3.63, 3.8) is 0 Å². The minimum atomic E-state index is -0.447. The van der Waals surface area contributed by atoms with Crippen LogP contribution in [0.2, 0.25) is 20.1 Å². The van der Waals surface area contributed by atoms with Crippen molar-refractivity contribution >= 4 is 46.4 Å².